The first-order valence-electron chi connectivity index (χ1n) is 13.8. The van der Waals surface area contributed by atoms with E-state index >= 15 is 0 Å². The lowest BCUT2D eigenvalue weighted by Crippen LogP contribution is -2.66. The number of piperidine rings is 3. The molecule has 2 bridgehead atoms. The van der Waals surface area contributed by atoms with Gasteiger partial charge in [0.25, 0.3) is 0 Å². The summed E-state index contributed by atoms with van der Waals surface area (Å²) in [6.07, 6.45) is 7.10. The zero-order valence-corrected chi connectivity index (χ0v) is 21.6. The van der Waals surface area contributed by atoms with Crippen LogP contribution < -0.4 is 4.74 Å². The third-order valence-electron chi connectivity index (χ3n) is 8.88. The Bertz CT molecular complexity index is 1130. The van der Waals surface area contributed by atoms with Crippen molar-refractivity contribution in [1.29, 1.82) is 5.26 Å². The number of hydrogen-bond acceptors (Lipinski definition) is 5. The number of carbonyl (C=O) groups is 2. The number of quaternary nitrogens is 1. The summed E-state index contributed by atoms with van der Waals surface area (Å²) in [6, 6.07) is 19.1. The predicted octanol–water partition coefficient (Wildman–Crippen LogP) is 5.30. The Balaban J connectivity index is 1.29. The topological polar surface area (TPSA) is 76.4 Å². The van der Waals surface area contributed by atoms with Crippen LogP contribution in [-0.2, 0) is 19.7 Å². The number of ketones is 1. The summed E-state index contributed by atoms with van der Waals surface area (Å²) in [7, 11) is 0. The van der Waals surface area contributed by atoms with Gasteiger partial charge in [-0.25, -0.2) is 0 Å². The first-order chi connectivity index (χ1) is 18.0. The summed E-state index contributed by atoms with van der Waals surface area (Å²) < 4.78 is 13.2. The highest BCUT2D eigenvalue weighted by Crippen LogP contribution is 2.43. The van der Waals surface area contributed by atoms with Crippen LogP contribution in [0.1, 0.15) is 68.9 Å². The molecule has 0 amide bonds. The molecular formula is C31H37N2O4+. The molecule has 0 N–H and O–H groups in total. The van der Waals surface area contributed by atoms with Crippen molar-refractivity contribution >= 4 is 11.8 Å². The number of benzene rings is 2. The molecule has 1 unspecified atom stereocenters. The van der Waals surface area contributed by atoms with Gasteiger partial charge in [0.1, 0.15) is 11.5 Å². The van der Waals surface area contributed by atoms with E-state index in [4.69, 9.17) is 14.7 Å². The Labute approximate surface area is 219 Å². The van der Waals surface area contributed by atoms with Crippen molar-refractivity contribution in [3.8, 4) is 11.8 Å². The van der Waals surface area contributed by atoms with Crippen LogP contribution in [-0.4, -0.2) is 48.7 Å². The van der Waals surface area contributed by atoms with Crippen molar-refractivity contribution in [2.24, 2.45) is 5.92 Å². The average molecular weight is 502 g/mol. The van der Waals surface area contributed by atoms with Crippen LogP contribution in [0, 0.1) is 17.2 Å². The molecule has 194 valence electrons. The van der Waals surface area contributed by atoms with Gasteiger partial charge in [0, 0.05) is 38.5 Å². The van der Waals surface area contributed by atoms with Crippen LogP contribution in [0.15, 0.2) is 54.6 Å². The van der Waals surface area contributed by atoms with Crippen molar-refractivity contribution in [3.63, 3.8) is 0 Å². The lowest BCUT2D eigenvalue weighted by molar-refractivity contribution is -0.984. The second kappa shape index (κ2) is 11.1. The third kappa shape index (κ3) is 5.43. The minimum Gasteiger partial charge on any atom is -0.493 e. The number of rotatable bonds is 8. The number of esters is 1. The van der Waals surface area contributed by atoms with Gasteiger partial charge in [0.15, 0.2) is 0 Å². The average Bonchev–Trinajstić information content (AvgIpc) is 3.15. The number of fused-ring (bicyclic) bond motifs is 3. The Morgan fingerprint density at radius 1 is 1.05 bits per heavy atom. The van der Waals surface area contributed by atoms with E-state index < -0.39 is 5.41 Å². The van der Waals surface area contributed by atoms with E-state index in [9.17, 15) is 9.59 Å². The maximum atomic E-state index is 14.0. The zero-order chi connectivity index (χ0) is 25.7. The summed E-state index contributed by atoms with van der Waals surface area (Å²) in [5, 5.41) is 8.98. The van der Waals surface area contributed by atoms with Crippen LogP contribution in [0.4, 0.5) is 0 Å². The molecule has 6 nitrogen and oxygen atoms in total. The van der Waals surface area contributed by atoms with Gasteiger partial charge >= 0.3 is 5.97 Å². The largest absolute Gasteiger partial charge is 0.493 e. The van der Waals surface area contributed by atoms with E-state index in [0.717, 1.165) is 61.1 Å². The number of hydrogen-bond donors (Lipinski definition) is 0. The fraction of sp³-hybridized carbons (Fsp3) is 0.516. The number of nitriles is 1. The summed E-state index contributed by atoms with van der Waals surface area (Å²) >= 11 is 0. The van der Waals surface area contributed by atoms with Crippen molar-refractivity contribution in [2.45, 2.75) is 69.4 Å². The molecule has 4 aliphatic rings. The maximum absolute atomic E-state index is 14.0. The van der Waals surface area contributed by atoms with E-state index in [1.54, 1.807) is 12.1 Å². The lowest BCUT2D eigenvalue weighted by atomic mass is 9.74. The van der Waals surface area contributed by atoms with Gasteiger partial charge in [-0.05, 0) is 48.6 Å². The molecule has 1 aliphatic carbocycles. The van der Waals surface area contributed by atoms with Crippen LogP contribution in [0.5, 0.6) is 5.75 Å². The van der Waals surface area contributed by atoms with E-state index in [-0.39, 0.29) is 24.4 Å². The zero-order valence-electron chi connectivity index (χ0n) is 21.6. The standard InChI is InChI=1S/C31H37N2O4/c32-23-25-10-12-28(13-11-25)36-20-6-17-33-18-14-24(15-19-33)21-29(33)37-30(35)31(26-7-2-1-3-8-26)16-5-4-9-27(34)22-31/h1-3,7-8,10-13,24,29H,4-6,9,14-22H2/q+1/t24?,29-,31?,33?/m1/s1. The van der Waals surface area contributed by atoms with Gasteiger partial charge in [-0.3, -0.25) is 14.1 Å². The van der Waals surface area contributed by atoms with Gasteiger partial charge < -0.3 is 9.47 Å². The summed E-state index contributed by atoms with van der Waals surface area (Å²) in [4.78, 5) is 26.8. The van der Waals surface area contributed by atoms with Crippen molar-refractivity contribution < 1.29 is 23.5 Å². The SMILES string of the molecule is N#Cc1ccc(OCCC[N+]23CCC(CC2)C[C@H]3OC(=O)C2(c3ccccc3)CCCCC(=O)C2)cc1. The molecule has 0 aromatic heterocycles. The molecule has 6 heteroatoms. The van der Waals surface area contributed by atoms with Crippen molar-refractivity contribution in [2.75, 3.05) is 26.2 Å². The van der Waals surface area contributed by atoms with Gasteiger partial charge in [0.2, 0.25) is 6.23 Å². The number of Topliss-reactive ketones (excluding diaryl/α,β-unsaturated/α-hetero) is 1. The monoisotopic (exact) mass is 501 g/mol. The third-order valence-corrected chi connectivity index (χ3v) is 8.88. The van der Waals surface area contributed by atoms with Gasteiger partial charge in [0.05, 0.1) is 43.3 Å². The molecule has 2 atom stereocenters. The first-order valence-corrected chi connectivity index (χ1v) is 13.8. The Morgan fingerprint density at radius 3 is 2.54 bits per heavy atom. The molecule has 0 spiro atoms. The van der Waals surface area contributed by atoms with E-state index in [1.807, 2.05) is 42.5 Å². The fourth-order valence-electron chi connectivity index (χ4n) is 6.68. The van der Waals surface area contributed by atoms with Crippen LogP contribution >= 0.6 is 0 Å². The van der Waals surface area contributed by atoms with Gasteiger partial charge in [-0.1, -0.05) is 36.8 Å². The summed E-state index contributed by atoms with van der Waals surface area (Å²) in [5.74, 6) is 1.32. The molecule has 4 fully saturated rings. The van der Waals surface area contributed by atoms with E-state index in [2.05, 4.69) is 6.07 Å². The fourth-order valence-corrected chi connectivity index (χ4v) is 6.68. The minimum atomic E-state index is -0.880. The van der Waals surface area contributed by atoms with E-state index in [0.29, 0.717) is 30.9 Å². The highest BCUT2D eigenvalue weighted by atomic mass is 16.6. The predicted molar refractivity (Wildman–Crippen MR) is 140 cm³/mol. The maximum Gasteiger partial charge on any atom is 0.321 e. The van der Waals surface area contributed by atoms with E-state index in [1.165, 1.54) is 12.8 Å². The molecule has 2 aromatic carbocycles. The van der Waals surface area contributed by atoms with Gasteiger partial charge in [-0.2, -0.15) is 5.26 Å². The Morgan fingerprint density at radius 2 is 1.81 bits per heavy atom. The molecule has 3 saturated heterocycles. The minimum absolute atomic E-state index is 0.158. The van der Waals surface area contributed by atoms with Crippen molar-refractivity contribution in [1.82, 2.24) is 0 Å². The van der Waals surface area contributed by atoms with Crippen LogP contribution in [0.2, 0.25) is 0 Å². The smallest absolute Gasteiger partial charge is 0.321 e. The second-order valence-electron chi connectivity index (χ2n) is 11.1. The molecule has 1 saturated carbocycles. The summed E-state index contributed by atoms with van der Waals surface area (Å²) in [6.45, 7) is 3.53. The highest BCUT2D eigenvalue weighted by molar-refractivity contribution is 5.91. The quantitative estimate of drug-likeness (QED) is 0.212. The number of ether oxygens (including phenoxy) is 2. The second-order valence-corrected chi connectivity index (χ2v) is 11.1. The highest BCUT2D eigenvalue weighted by Gasteiger charge is 2.52. The molecule has 3 heterocycles. The molecular weight excluding hydrogens is 464 g/mol. The molecule has 3 aliphatic heterocycles. The van der Waals surface area contributed by atoms with Crippen molar-refractivity contribution in [3.05, 3.63) is 65.7 Å². The molecule has 2 aromatic rings. The Kier molecular flexibility index (Phi) is 7.62. The normalized spacial score (nSPS) is 29.2. The molecule has 0 radical (unpaired) electrons. The number of nitrogens with zero attached hydrogens (tertiary/aromatic N) is 2. The Hall–Kier alpha value is -3.17. The molecule has 6 rings (SSSR count). The number of carbonyl (C=O) groups excluding carboxylic acids is 2. The van der Waals surface area contributed by atoms with Crippen LogP contribution in [0.3, 0.4) is 0 Å². The van der Waals surface area contributed by atoms with Gasteiger partial charge in [-0.15, -0.1) is 0 Å². The van der Waals surface area contributed by atoms with Crippen LogP contribution in [0.25, 0.3) is 0 Å². The first kappa shape index (κ1) is 25.5. The molecule has 37 heavy (non-hydrogen) atoms. The lowest BCUT2D eigenvalue weighted by Gasteiger charge is -2.53. The summed E-state index contributed by atoms with van der Waals surface area (Å²) in [5.41, 5.74) is 0.652.